The average Bonchev–Trinajstić information content (AvgIpc) is 3.49. The number of thiophene rings is 1. The van der Waals surface area contributed by atoms with Gasteiger partial charge in [0.15, 0.2) is 5.65 Å². The quantitative estimate of drug-likeness (QED) is 0.294. The Hall–Kier alpha value is -3.52. The molecular weight excluding hydrogens is 479 g/mol. The Bertz CT molecular complexity index is 1510. The van der Waals surface area contributed by atoms with Crippen molar-refractivity contribution in [1.29, 1.82) is 0 Å². The molecule has 0 aliphatic rings. The SMILES string of the molecule is O=C(Nc1cccc(-c2ccnc3c(C(=O)c4cccs4)cnn23)c1)c1ccc(Cl)cc1Cl. The van der Waals surface area contributed by atoms with Gasteiger partial charge in [-0.25, -0.2) is 9.50 Å². The topological polar surface area (TPSA) is 76.4 Å². The van der Waals surface area contributed by atoms with Gasteiger partial charge in [0.25, 0.3) is 5.91 Å². The smallest absolute Gasteiger partial charge is 0.257 e. The van der Waals surface area contributed by atoms with Crippen LogP contribution < -0.4 is 5.32 Å². The van der Waals surface area contributed by atoms with Gasteiger partial charge in [-0.1, -0.05) is 41.4 Å². The van der Waals surface area contributed by atoms with Crippen LogP contribution in [0.4, 0.5) is 5.69 Å². The molecule has 5 rings (SSSR count). The fraction of sp³-hybridized carbons (Fsp3) is 0. The molecule has 0 bridgehead atoms. The molecule has 1 amide bonds. The van der Waals surface area contributed by atoms with Crippen LogP contribution in [0.1, 0.15) is 25.6 Å². The maximum absolute atomic E-state index is 12.8. The van der Waals surface area contributed by atoms with Crippen LogP contribution in [0.3, 0.4) is 0 Å². The molecular formula is C24H14Cl2N4O2S. The van der Waals surface area contributed by atoms with Crippen molar-refractivity contribution in [2.45, 2.75) is 0 Å². The van der Waals surface area contributed by atoms with E-state index in [1.807, 2.05) is 29.6 Å². The number of nitrogens with one attached hydrogen (secondary N) is 1. The van der Waals surface area contributed by atoms with Gasteiger partial charge in [0, 0.05) is 22.5 Å². The Kier molecular flexibility index (Phi) is 5.68. The summed E-state index contributed by atoms with van der Waals surface area (Å²) in [4.78, 5) is 30.5. The van der Waals surface area contributed by atoms with E-state index in [-0.39, 0.29) is 16.7 Å². The van der Waals surface area contributed by atoms with Gasteiger partial charge in [-0.2, -0.15) is 5.10 Å². The van der Waals surface area contributed by atoms with Gasteiger partial charge in [0.1, 0.15) is 0 Å². The second-order valence-corrected chi connectivity index (χ2v) is 8.88. The minimum absolute atomic E-state index is 0.120. The van der Waals surface area contributed by atoms with E-state index in [1.54, 1.807) is 41.0 Å². The fourth-order valence-corrected chi connectivity index (χ4v) is 4.61. The third-order valence-electron chi connectivity index (χ3n) is 4.98. The highest BCUT2D eigenvalue weighted by atomic mass is 35.5. The molecule has 0 aliphatic heterocycles. The molecule has 0 spiro atoms. The van der Waals surface area contributed by atoms with Gasteiger partial charge in [0.05, 0.1) is 32.9 Å². The number of fused-ring (bicyclic) bond motifs is 1. The van der Waals surface area contributed by atoms with Crippen LogP contribution in [-0.2, 0) is 0 Å². The molecule has 33 heavy (non-hydrogen) atoms. The van der Waals surface area contributed by atoms with Gasteiger partial charge in [-0.05, 0) is 47.8 Å². The van der Waals surface area contributed by atoms with Gasteiger partial charge in [0.2, 0.25) is 5.78 Å². The number of benzene rings is 2. The van der Waals surface area contributed by atoms with Crippen LogP contribution in [0, 0.1) is 0 Å². The summed E-state index contributed by atoms with van der Waals surface area (Å²) in [5.41, 5.74) is 3.32. The summed E-state index contributed by atoms with van der Waals surface area (Å²) in [5, 5.41) is 9.84. The molecule has 0 radical (unpaired) electrons. The summed E-state index contributed by atoms with van der Waals surface area (Å²) < 4.78 is 1.62. The predicted octanol–water partition coefficient (Wildman–Crippen LogP) is 6.25. The zero-order chi connectivity index (χ0) is 22.9. The van der Waals surface area contributed by atoms with Crippen molar-refractivity contribution >= 4 is 57.6 Å². The number of hydrogen-bond acceptors (Lipinski definition) is 5. The van der Waals surface area contributed by atoms with E-state index in [2.05, 4.69) is 15.4 Å². The summed E-state index contributed by atoms with van der Waals surface area (Å²) in [5.74, 6) is -0.470. The van der Waals surface area contributed by atoms with E-state index in [0.29, 0.717) is 32.4 Å². The molecule has 9 heteroatoms. The monoisotopic (exact) mass is 492 g/mol. The van der Waals surface area contributed by atoms with Crippen LogP contribution in [0.5, 0.6) is 0 Å². The summed E-state index contributed by atoms with van der Waals surface area (Å²) in [6, 6.07) is 17.4. The second-order valence-electron chi connectivity index (χ2n) is 7.09. The first kappa shape index (κ1) is 21.3. The Morgan fingerprint density at radius 1 is 0.970 bits per heavy atom. The number of ketones is 1. The van der Waals surface area contributed by atoms with Gasteiger partial charge in [-0.15, -0.1) is 11.3 Å². The van der Waals surface area contributed by atoms with Crippen molar-refractivity contribution in [3.05, 3.63) is 104 Å². The lowest BCUT2D eigenvalue weighted by Crippen LogP contribution is -2.12. The summed E-state index contributed by atoms with van der Waals surface area (Å²) in [7, 11) is 0. The molecule has 0 fully saturated rings. The van der Waals surface area contributed by atoms with Crippen LogP contribution in [0.15, 0.2) is 78.4 Å². The third kappa shape index (κ3) is 4.14. The van der Waals surface area contributed by atoms with Gasteiger partial charge >= 0.3 is 0 Å². The Labute approximate surface area is 202 Å². The zero-order valence-electron chi connectivity index (χ0n) is 16.8. The lowest BCUT2D eigenvalue weighted by molar-refractivity contribution is 0.102. The summed E-state index contributed by atoms with van der Waals surface area (Å²) >= 11 is 13.5. The molecule has 162 valence electrons. The number of rotatable bonds is 5. The molecule has 6 nitrogen and oxygen atoms in total. The lowest BCUT2D eigenvalue weighted by atomic mass is 10.1. The van der Waals surface area contributed by atoms with Crippen molar-refractivity contribution < 1.29 is 9.59 Å². The van der Waals surface area contributed by atoms with Crippen molar-refractivity contribution in [2.75, 3.05) is 5.32 Å². The normalized spacial score (nSPS) is 11.0. The average molecular weight is 493 g/mol. The highest BCUT2D eigenvalue weighted by Crippen LogP contribution is 2.27. The molecule has 0 saturated heterocycles. The highest BCUT2D eigenvalue weighted by Gasteiger charge is 2.19. The fourth-order valence-electron chi connectivity index (χ4n) is 3.44. The number of hydrogen-bond donors (Lipinski definition) is 1. The first-order valence-corrected chi connectivity index (χ1v) is 11.4. The molecule has 3 heterocycles. The lowest BCUT2D eigenvalue weighted by Gasteiger charge is -2.10. The first-order valence-electron chi connectivity index (χ1n) is 9.79. The highest BCUT2D eigenvalue weighted by molar-refractivity contribution is 7.12. The molecule has 2 aromatic carbocycles. The van der Waals surface area contributed by atoms with Crippen molar-refractivity contribution in [3.63, 3.8) is 0 Å². The van der Waals surface area contributed by atoms with Crippen LogP contribution >= 0.6 is 34.5 Å². The number of amides is 1. The summed E-state index contributed by atoms with van der Waals surface area (Å²) in [6.07, 6.45) is 3.17. The van der Waals surface area contributed by atoms with E-state index >= 15 is 0 Å². The Morgan fingerprint density at radius 3 is 2.64 bits per heavy atom. The maximum atomic E-state index is 12.8. The number of anilines is 1. The van der Waals surface area contributed by atoms with Crippen LogP contribution in [0.25, 0.3) is 16.9 Å². The molecule has 1 N–H and O–H groups in total. The number of halogens is 2. The van der Waals surface area contributed by atoms with Crippen molar-refractivity contribution in [2.24, 2.45) is 0 Å². The molecule has 0 saturated carbocycles. The van der Waals surface area contributed by atoms with E-state index in [1.165, 1.54) is 23.6 Å². The van der Waals surface area contributed by atoms with Crippen LogP contribution in [0.2, 0.25) is 10.0 Å². The minimum Gasteiger partial charge on any atom is -0.322 e. The minimum atomic E-state index is -0.350. The van der Waals surface area contributed by atoms with Crippen molar-refractivity contribution in [1.82, 2.24) is 14.6 Å². The molecule has 0 atom stereocenters. The van der Waals surface area contributed by atoms with Crippen LogP contribution in [-0.4, -0.2) is 26.3 Å². The van der Waals surface area contributed by atoms with Gasteiger partial charge < -0.3 is 5.32 Å². The summed E-state index contributed by atoms with van der Waals surface area (Å²) in [6.45, 7) is 0. The Balaban J connectivity index is 1.48. The number of carbonyl (C=O) groups is 2. The number of aromatic nitrogens is 3. The van der Waals surface area contributed by atoms with Gasteiger partial charge in [-0.3, -0.25) is 9.59 Å². The maximum Gasteiger partial charge on any atom is 0.257 e. The van der Waals surface area contributed by atoms with E-state index in [9.17, 15) is 9.59 Å². The predicted molar refractivity (Wildman–Crippen MR) is 131 cm³/mol. The standard InChI is InChI=1S/C24H14Cl2N4O2S/c25-15-6-7-17(19(26)12-15)24(32)29-16-4-1-3-14(11-16)20-8-9-27-23-18(13-28-30(20)23)22(31)21-5-2-10-33-21/h1-13H,(H,29,32). The molecule has 0 aliphatic carbocycles. The molecule has 5 aromatic rings. The largest absolute Gasteiger partial charge is 0.322 e. The van der Waals surface area contributed by atoms with E-state index < -0.39 is 0 Å². The molecule has 3 aromatic heterocycles. The van der Waals surface area contributed by atoms with E-state index in [0.717, 1.165) is 11.3 Å². The molecule has 0 unspecified atom stereocenters. The van der Waals surface area contributed by atoms with E-state index in [4.69, 9.17) is 23.2 Å². The Morgan fingerprint density at radius 2 is 1.85 bits per heavy atom. The number of nitrogens with zero attached hydrogens (tertiary/aromatic N) is 3. The number of carbonyl (C=O) groups excluding carboxylic acids is 2. The van der Waals surface area contributed by atoms with Crippen molar-refractivity contribution in [3.8, 4) is 11.3 Å². The third-order valence-corrected chi connectivity index (χ3v) is 6.40. The second kappa shape index (κ2) is 8.78. The zero-order valence-corrected chi connectivity index (χ0v) is 19.2. The first-order chi connectivity index (χ1) is 16.0.